The van der Waals surface area contributed by atoms with Crippen LogP contribution in [-0.2, 0) is 13.0 Å². The maximum atomic E-state index is 13.1. The number of hydrogen-bond donors (Lipinski definition) is 1. The molecule has 1 N–H and O–H groups in total. The molecule has 2 aromatic rings. The zero-order chi connectivity index (χ0) is 16.6. The molecule has 1 aliphatic rings. The van der Waals surface area contributed by atoms with E-state index >= 15 is 0 Å². The third-order valence-corrected chi connectivity index (χ3v) is 4.70. The van der Waals surface area contributed by atoms with E-state index in [1.807, 2.05) is 30.5 Å². The van der Waals surface area contributed by atoms with Crippen LogP contribution >= 0.6 is 0 Å². The molecule has 0 radical (unpaired) electrons. The van der Waals surface area contributed by atoms with Gasteiger partial charge >= 0.3 is 0 Å². The van der Waals surface area contributed by atoms with Crippen LogP contribution in [0.15, 0.2) is 48.7 Å². The minimum atomic E-state index is -0.169. The lowest BCUT2D eigenvalue weighted by Gasteiger charge is -2.30. The molecule has 24 heavy (non-hydrogen) atoms. The molecule has 1 aromatic carbocycles. The lowest BCUT2D eigenvalue weighted by Crippen LogP contribution is -2.36. The minimum absolute atomic E-state index is 0.169. The van der Waals surface area contributed by atoms with E-state index in [9.17, 15) is 4.39 Å². The molecule has 3 nitrogen and oxygen atoms in total. The van der Waals surface area contributed by atoms with E-state index in [0.717, 1.165) is 50.8 Å². The van der Waals surface area contributed by atoms with E-state index in [1.165, 1.54) is 18.4 Å². The Bertz CT molecular complexity index is 594. The number of hydrogen-bond acceptors (Lipinski definition) is 3. The van der Waals surface area contributed by atoms with Crippen LogP contribution in [0.1, 0.15) is 24.1 Å². The van der Waals surface area contributed by atoms with E-state index in [4.69, 9.17) is 0 Å². The van der Waals surface area contributed by atoms with Gasteiger partial charge in [-0.1, -0.05) is 18.2 Å². The fourth-order valence-corrected chi connectivity index (χ4v) is 3.33. The Hall–Kier alpha value is -1.78. The summed E-state index contributed by atoms with van der Waals surface area (Å²) in [6.45, 7) is 5.20. The molecular formula is C20H26FN3. The topological polar surface area (TPSA) is 28.2 Å². The first-order chi connectivity index (χ1) is 11.8. The Morgan fingerprint density at radius 2 is 1.88 bits per heavy atom. The van der Waals surface area contributed by atoms with Crippen molar-refractivity contribution in [2.75, 3.05) is 26.2 Å². The maximum Gasteiger partial charge on any atom is 0.123 e. The molecule has 1 fully saturated rings. The first kappa shape index (κ1) is 17.1. The first-order valence-electron chi connectivity index (χ1n) is 8.87. The Morgan fingerprint density at radius 1 is 1.08 bits per heavy atom. The standard InChI is InChI=1S/C20H26FN3/c21-19-6-4-17(5-7-19)15-24(16-18-8-12-22-13-9-18)14-10-20-3-1-2-11-23-20/h1-7,11,18,22H,8-10,12-16H2. The molecule has 128 valence electrons. The second-order valence-electron chi connectivity index (χ2n) is 6.63. The van der Waals surface area contributed by atoms with E-state index in [1.54, 1.807) is 12.1 Å². The molecule has 3 rings (SSSR count). The van der Waals surface area contributed by atoms with Crippen molar-refractivity contribution >= 4 is 0 Å². The molecule has 0 amide bonds. The Kier molecular flexibility index (Phi) is 6.33. The van der Waals surface area contributed by atoms with Gasteiger partial charge in [0.2, 0.25) is 0 Å². The lowest BCUT2D eigenvalue weighted by molar-refractivity contribution is 0.200. The average Bonchev–Trinajstić information content (AvgIpc) is 2.63. The van der Waals surface area contributed by atoms with Gasteiger partial charge in [-0.05, 0) is 61.7 Å². The molecular weight excluding hydrogens is 301 g/mol. The summed E-state index contributed by atoms with van der Waals surface area (Å²) < 4.78 is 13.1. The van der Waals surface area contributed by atoms with Gasteiger partial charge in [0.1, 0.15) is 5.82 Å². The maximum absolute atomic E-state index is 13.1. The largest absolute Gasteiger partial charge is 0.317 e. The van der Waals surface area contributed by atoms with Crippen molar-refractivity contribution in [2.45, 2.75) is 25.8 Å². The average molecular weight is 327 g/mol. The van der Waals surface area contributed by atoms with Crippen molar-refractivity contribution in [1.82, 2.24) is 15.2 Å². The van der Waals surface area contributed by atoms with Crippen LogP contribution in [0, 0.1) is 11.7 Å². The highest BCUT2D eigenvalue weighted by atomic mass is 19.1. The third kappa shape index (κ3) is 5.39. The molecule has 2 heterocycles. The van der Waals surface area contributed by atoms with Crippen LogP contribution in [0.3, 0.4) is 0 Å². The van der Waals surface area contributed by atoms with E-state index in [0.29, 0.717) is 0 Å². The highest BCUT2D eigenvalue weighted by molar-refractivity contribution is 5.16. The van der Waals surface area contributed by atoms with E-state index in [2.05, 4.69) is 21.3 Å². The highest BCUT2D eigenvalue weighted by Crippen LogP contribution is 2.16. The van der Waals surface area contributed by atoms with Crippen LogP contribution in [0.2, 0.25) is 0 Å². The molecule has 4 heteroatoms. The Balaban J connectivity index is 1.61. The van der Waals surface area contributed by atoms with Crippen molar-refractivity contribution in [2.24, 2.45) is 5.92 Å². The fourth-order valence-electron chi connectivity index (χ4n) is 3.33. The van der Waals surface area contributed by atoms with Gasteiger partial charge in [-0.3, -0.25) is 9.88 Å². The third-order valence-electron chi connectivity index (χ3n) is 4.70. The molecule has 0 bridgehead atoms. The number of benzene rings is 1. The van der Waals surface area contributed by atoms with Crippen molar-refractivity contribution in [3.8, 4) is 0 Å². The van der Waals surface area contributed by atoms with Gasteiger partial charge in [-0.15, -0.1) is 0 Å². The summed E-state index contributed by atoms with van der Waals surface area (Å²) in [7, 11) is 0. The van der Waals surface area contributed by atoms with Crippen LogP contribution in [0.25, 0.3) is 0 Å². The van der Waals surface area contributed by atoms with Crippen LogP contribution < -0.4 is 5.32 Å². The number of rotatable bonds is 7. The number of nitrogens with zero attached hydrogens (tertiary/aromatic N) is 2. The monoisotopic (exact) mass is 327 g/mol. The van der Waals surface area contributed by atoms with Gasteiger partial charge in [-0.2, -0.15) is 0 Å². The molecule has 0 aliphatic carbocycles. The Morgan fingerprint density at radius 3 is 2.58 bits per heavy atom. The molecule has 0 saturated carbocycles. The zero-order valence-electron chi connectivity index (χ0n) is 14.1. The highest BCUT2D eigenvalue weighted by Gasteiger charge is 2.17. The molecule has 1 aromatic heterocycles. The van der Waals surface area contributed by atoms with E-state index < -0.39 is 0 Å². The van der Waals surface area contributed by atoms with Crippen LogP contribution in [0.5, 0.6) is 0 Å². The van der Waals surface area contributed by atoms with Crippen LogP contribution in [0.4, 0.5) is 4.39 Å². The van der Waals surface area contributed by atoms with Gasteiger partial charge in [0.15, 0.2) is 0 Å². The predicted octanol–water partition coefficient (Wildman–Crippen LogP) is 3.27. The van der Waals surface area contributed by atoms with Crippen molar-refractivity contribution in [3.63, 3.8) is 0 Å². The fraction of sp³-hybridized carbons (Fsp3) is 0.450. The lowest BCUT2D eigenvalue weighted by atomic mass is 9.97. The van der Waals surface area contributed by atoms with Gasteiger partial charge < -0.3 is 5.32 Å². The van der Waals surface area contributed by atoms with Crippen LogP contribution in [-0.4, -0.2) is 36.1 Å². The first-order valence-corrected chi connectivity index (χ1v) is 8.87. The second-order valence-corrected chi connectivity index (χ2v) is 6.63. The van der Waals surface area contributed by atoms with Gasteiger partial charge in [0.05, 0.1) is 0 Å². The minimum Gasteiger partial charge on any atom is -0.317 e. The zero-order valence-corrected chi connectivity index (χ0v) is 14.1. The SMILES string of the molecule is Fc1ccc(CN(CCc2ccccn2)CC2CCNCC2)cc1. The van der Waals surface area contributed by atoms with Gasteiger partial charge in [0.25, 0.3) is 0 Å². The summed E-state index contributed by atoms with van der Waals surface area (Å²) in [6, 6.07) is 13.0. The molecule has 1 aliphatic heterocycles. The normalized spacial score (nSPS) is 15.8. The summed E-state index contributed by atoms with van der Waals surface area (Å²) in [6.07, 6.45) is 5.28. The van der Waals surface area contributed by atoms with Crippen molar-refractivity contribution in [1.29, 1.82) is 0 Å². The van der Waals surface area contributed by atoms with Gasteiger partial charge in [-0.25, -0.2) is 4.39 Å². The van der Waals surface area contributed by atoms with Crippen molar-refractivity contribution in [3.05, 3.63) is 65.7 Å². The smallest absolute Gasteiger partial charge is 0.123 e. The predicted molar refractivity (Wildman–Crippen MR) is 95.2 cm³/mol. The number of pyridine rings is 1. The Labute approximate surface area is 143 Å². The summed E-state index contributed by atoms with van der Waals surface area (Å²) in [5, 5.41) is 3.43. The molecule has 0 unspecified atom stereocenters. The number of aromatic nitrogens is 1. The quantitative estimate of drug-likeness (QED) is 0.846. The van der Waals surface area contributed by atoms with Gasteiger partial charge in [0, 0.05) is 37.9 Å². The number of halogens is 1. The summed E-state index contributed by atoms with van der Waals surface area (Å²) in [5.41, 5.74) is 2.30. The molecule has 0 spiro atoms. The summed E-state index contributed by atoms with van der Waals surface area (Å²) in [5.74, 6) is 0.576. The molecule has 0 atom stereocenters. The number of nitrogens with one attached hydrogen (secondary N) is 1. The summed E-state index contributed by atoms with van der Waals surface area (Å²) in [4.78, 5) is 6.93. The molecule has 1 saturated heterocycles. The van der Waals surface area contributed by atoms with E-state index in [-0.39, 0.29) is 5.82 Å². The summed E-state index contributed by atoms with van der Waals surface area (Å²) >= 11 is 0. The van der Waals surface area contributed by atoms with Crippen molar-refractivity contribution < 1.29 is 4.39 Å². The number of piperidine rings is 1. The second kappa shape index (κ2) is 8.90.